The number of sulfonamides is 1. The van der Waals surface area contributed by atoms with Gasteiger partial charge < -0.3 is 10.0 Å². The number of hydrogen-bond donors (Lipinski definition) is 1. The molecule has 0 spiro atoms. The number of rotatable bonds is 4. The minimum Gasteiger partial charge on any atom is -0.480 e. The molecule has 1 aliphatic heterocycles. The summed E-state index contributed by atoms with van der Waals surface area (Å²) in [5, 5.41) is 9.14. The van der Waals surface area contributed by atoms with Gasteiger partial charge in [0.15, 0.2) is 0 Å². The number of nitrogens with zero attached hydrogens (tertiary/aromatic N) is 2. The van der Waals surface area contributed by atoms with E-state index in [9.17, 15) is 18.0 Å². The van der Waals surface area contributed by atoms with Crippen LogP contribution in [0.5, 0.6) is 0 Å². The zero-order valence-corrected chi connectivity index (χ0v) is 13.2. The van der Waals surface area contributed by atoms with Crippen molar-refractivity contribution in [2.75, 3.05) is 20.6 Å². The number of carbonyl (C=O) groups excluding carboxylic acids is 1. The van der Waals surface area contributed by atoms with E-state index < -0.39 is 22.0 Å². The Labute approximate surface area is 129 Å². The largest absolute Gasteiger partial charge is 0.480 e. The van der Waals surface area contributed by atoms with Crippen LogP contribution in [0.15, 0.2) is 29.2 Å². The molecule has 1 saturated heterocycles. The molecule has 1 aliphatic rings. The zero-order chi connectivity index (χ0) is 16.5. The van der Waals surface area contributed by atoms with Gasteiger partial charge in [0.1, 0.15) is 6.04 Å². The first-order chi connectivity index (χ1) is 10.2. The summed E-state index contributed by atoms with van der Waals surface area (Å²) in [6.07, 6.45) is 0.803. The number of benzene rings is 1. The first kappa shape index (κ1) is 16.4. The molecule has 1 heterocycles. The molecule has 2 rings (SSSR count). The fraction of sp³-hybridized carbons (Fsp3) is 0.429. The molecule has 1 amide bonds. The van der Waals surface area contributed by atoms with Gasteiger partial charge in [-0.05, 0) is 31.0 Å². The van der Waals surface area contributed by atoms with Gasteiger partial charge in [-0.15, -0.1) is 0 Å². The van der Waals surface area contributed by atoms with Gasteiger partial charge in [-0.1, -0.05) is 6.07 Å². The third kappa shape index (κ3) is 2.97. The number of carboxylic acids is 1. The molecule has 22 heavy (non-hydrogen) atoms. The lowest BCUT2D eigenvalue weighted by atomic mass is 10.2. The Morgan fingerprint density at radius 3 is 2.59 bits per heavy atom. The monoisotopic (exact) mass is 326 g/mol. The molecule has 0 unspecified atom stereocenters. The number of hydrogen-bond acceptors (Lipinski definition) is 4. The van der Waals surface area contributed by atoms with Crippen LogP contribution < -0.4 is 0 Å². The summed E-state index contributed by atoms with van der Waals surface area (Å²) in [5.41, 5.74) is 0.247. The van der Waals surface area contributed by atoms with E-state index in [1.165, 1.54) is 29.2 Å². The molecule has 0 bridgehead atoms. The fourth-order valence-electron chi connectivity index (χ4n) is 2.46. The van der Waals surface area contributed by atoms with Crippen molar-refractivity contribution in [3.63, 3.8) is 0 Å². The summed E-state index contributed by atoms with van der Waals surface area (Å²) >= 11 is 0. The van der Waals surface area contributed by atoms with E-state index in [4.69, 9.17) is 5.11 Å². The lowest BCUT2D eigenvalue weighted by molar-refractivity contribution is -0.140. The summed E-state index contributed by atoms with van der Waals surface area (Å²) in [6.45, 7) is 0.172. The van der Waals surface area contributed by atoms with Crippen molar-refractivity contribution in [3.8, 4) is 0 Å². The Hall–Kier alpha value is -1.93. The highest BCUT2D eigenvalue weighted by Crippen LogP contribution is 2.26. The van der Waals surface area contributed by atoms with Crippen LogP contribution in [0, 0.1) is 0 Å². The predicted octanol–water partition coefficient (Wildman–Crippen LogP) is 0.626. The standard InChI is InChI=1S/C14H18N2O5S/c1-15(2)13(17)10-5-3-6-11(9-10)22(20,21)16-8-4-7-12(16)14(18)19/h3,5-6,9,12H,4,7-8H2,1-2H3,(H,18,19)/t12-/m0/s1. The molecule has 0 aliphatic carbocycles. The second-order valence-electron chi connectivity index (χ2n) is 5.34. The maximum absolute atomic E-state index is 12.6. The maximum Gasteiger partial charge on any atom is 0.322 e. The van der Waals surface area contributed by atoms with E-state index in [0.717, 1.165) is 4.31 Å². The summed E-state index contributed by atoms with van der Waals surface area (Å²) in [4.78, 5) is 24.4. The van der Waals surface area contributed by atoms with Crippen molar-refractivity contribution in [2.45, 2.75) is 23.8 Å². The van der Waals surface area contributed by atoms with Crippen LogP contribution in [-0.2, 0) is 14.8 Å². The van der Waals surface area contributed by atoms with Crippen LogP contribution in [-0.4, -0.2) is 61.3 Å². The Bertz CT molecular complexity index is 699. The molecule has 1 atom stereocenters. The minimum absolute atomic E-state index is 0.0617. The SMILES string of the molecule is CN(C)C(=O)c1cccc(S(=O)(=O)N2CCC[C@H]2C(=O)O)c1. The van der Waals surface area contributed by atoms with Gasteiger partial charge in [0.25, 0.3) is 5.91 Å². The van der Waals surface area contributed by atoms with E-state index in [-0.39, 0.29) is 22.9 Å². The van der Waals surface area contributed by atoms with Gasteiger partial charge in [-0.2, -0.15) is 4.31 Å². The van der Waals surface area contributed by atoms with Gasteiger partial charge in [-0.25, -0.2) is 8.42 Å². The molecule has 0 aromatic heterocycles. The zero-order valence-electron chi connectivity index (χ0n) is 12.4. The molecular weight excluding hydrogens is 308 g/mol. The van der Waals surface area contributed by atoms with E-state index in [1.807, 2.05) is 0 Å². The van der Waals surface area contributed by atoms with Gasteiger partial charge in [-0.3, -0.25) is 9.59 Å². The molecule has 0 saturated carbocycles. The molecular formula is C14H18N2O5S. The number of aliphatic carboxylic acids is 1. The van der Waals surface area contributed by atoms with Crippen molar-refractivity contribution in [1.29, 1.82) is 0 Å². The van der Waals surface area contributed by atoms with Gasteiger partial charge in [0.2, 0.25) is 10.0 Å². The normalized spacial score (nSPS) is 19.1. The first-order valence-electron chi connectivity index (χ1n) is 6.81. The molecule has 1 N–H and O–H groups in total. The highest BCUT2D eigenvalue weighted by molar-refractivity contribution is 7.89. The lowest BCUT2D eigenvalue weighted by Gasteiger charge is -2.21. The first-order valence-corrected chi connectivity index (χ1v) is 8.25. The molecule has 0 radical (unpaired) electrons. The van der Waals surface area contributed by atoms with Gasteiger partial charge in [0.05, 0.1) is 4.90 Å². The number of amides is 1. The minimum atomic E-state index is -3.93. The Morgan fingerprint density at radius 1 is 1.32 bits per heavy atom. The molecule has 7 nitrogen and oxygen atoms in total. The van der Waals surface area contributed by atoms with Crippen molar-refractivity contribution in [1.82, 2.24) is 9.21 Å². The summed E-state index contributed by atoms with van der Waals surface area (Å²) in [6, 6.07) is 4.63. The van der Waals surface area contributed by atoms with Crippen LogP contribution in [0.25, 0.3) is 0 Å². The van der Waals surface area contributed by atoms with Crippen LogP contribution in [0.4, 0.5) is 0 Å². The smallest absolute Gasteiger partial charge is 0.322 e. The van der Waals surface area contributed by atoms with Crippen molar-refractivity contribution < 1.29 is 23.1 Å². The average molecular weight is 326 g/mol. The molecule has 1 aromatic rings. The Kier molecular flexibility index (Phi) is 4.52. The third-order valence-electron chi connectivity index (χ3n) is 3.58. The molecule has 120 valence electrons. The Balaban J connectivity index is 2.40. The van der Waals surface area contributed by atoms with Gasteiger partial charge in [0, 0.05) is 26.2 Å². The highest BCUT2D eigenvalue weighted by atomic mass is 32.2. The van der Waals surface area contributed by atoms with E-state index >= 15 is 0 Å². The van der Waals surface area contributed by atoms with Crippen LogP contribution >= 0.6 is 0 Å². The van der Waals surface area contributed by atoms with E-state index in [0.29, 0.717) is 12.8 Å². The number of carboxylic acid groups (broad SMARTS) is 1. The van der Waals surface area contributed by atoms with Crippen LogP contribution in [0.1, 0.15) is 23.2 Å². The topological polar surface area (TPSA) is 95.0 Å². The lowest BCUT2D eigenvalue weighted by Crippen LogP contribution is -2.40. The number of carbonyl (C=O) groups is 2. The van der Waals surface area contributed by atoms with E-state index in [1.54, 1.807) is 14.1 Å². The van der Waals surface area contributed by atoms with Gasteiger partial charge >= 0.3 is 5.97 Å². The summed E-state index contributed by atoms with van der Waals surface area (Å²) < 4.78 is 26.3. The second kappa shape index (κ2) is 6.05. The third-order valence-corrected chi connectivity index (χ3v) is 5.49. The maximum atomic E-state index is 12.6. The van der Waals surface area contributed by atoms with Crippen molar-refractivity contribution in [3.05, 3.63) is 29.8 Å². The predicted molar refractivity (Wildman–Crippen MR) is 79.0 cm³/mol. The summed E-state index contributed by atoms with van der Waals surface area (Å²) in [5.74, 6) is -1.46. The second-order valence-corrected chi connectivity index (χ2v) is 7.23. The highest BCUT2D eigenvalue weighted by Gasteiger charge is 2.39. The quantitative estimate of drug-likeness (QED) is 0.875. The van der Waals surface area contributed by atoms with Crippen LogP contribution in [0.2, 0.25) is 0 Å². The van der Waals surface area contributed by atoms with E-state index in [2.05, 4.69) is 0 Å². The van der Waals surface area contributed by atoms with Crippen molar-refractivity contribution >= 4 is 21.9 Å². The van der Waals surface area contributed by atoms with Crippen molar-refractivity contribution in [2.24, 2.45) is 0 Å². The molecule has 1 fully saturated rings. The van der Waals surface area contributed by atoms with Crippen LogP contribution in [0.3, 0.4) is 0 Å². The summed E-state index contributed by atoms with van der Waals surface area (Å²) in [7, 11) is -0.785. The Morgan fingerprint density at radius 2 is 2.00 bits per heavy atom. The fourth-order valence-corrected chi connectivity index (χ4v) is 4.16. The average Bonchev–Trinajstić information content (AvgIpc) is 2.97. The molecule has 8 heteroatoms. The molecule has 1 aromatic carbocycles.